The molecule has 134 valence electrons. The first-order valence-electron chi connectivity index (χ1n) is 8.00. The molecular weight excluding hydrogens is 336 g/mol. The largest absolute Gasteiger partial charge is 0.347 e. The molecule has 2 aromatic rings. The summed E-state index contributed by atoms with van der Waals surface area (Å²) in [5.41, 5.74) is 1.65. The summed E-state index contributed by atoms with van der Waals surface area (Å²) in [4.78, 5) is 12.2. The Morgan fingerprint density at radius 1 is 1.00 bits per heavy atom. The quantitative estimate of drug-likeness (QED) is 0.890. The highest BCUT2D eigenvalue weighted by atomic mass is 32.2. The van der Waals surface area contributed by atoms with Crippen LogP contribution in [0.15, 0.2) is 54.6 Å². The summed E-state index contributed by atoms with van der Waals surface area (Å²) >= 11 is 0. The van der Waals surface area contributed by atoms with Gasteiger partial charge in [-0.1, -0.05) is 30.3 Å². The molecule has 0 unspecified atom stereocenters. The molecule has 1 amide bonds. The Kier molecular flexibility index (Phi) is 5.52. The summed E-state index contributed by atoms with van der Waals surface area (Å²) in [5, 5.41) is 2.90. The van der Waals surface area contributed by atoms with Crippen molar-refractivity contribution in [2.75, 3.05) is 10.6 Å². The Balaban J connectivity index is 2.20. The molecule has 0 saturated carbocycles. The molecule has 0 aromatic heterocycles. The van der Waals surface area contributed by atoms with E-state index in [-0.39, 0.29) is 18.0 Å². The van der Waals surface area contributed by atoms with Crippen molar-refractivity contribution in [1.29, 1.82) is 0 Å². The molecule has 0 radical (unpaired) electrons. The van der Waals surface area contributed by atoms with E-state index in [0.29, 0.717) is 11.3 Å². The number of benzene rings is 2. The topological polar surface area (TPSA) is 66.5 Å². The van der Waals surface area contributed by atoms with E-state index < -0.39 is 10.0 Å². The van der Waals surface area contributed by atoms with Crippen molar-refractivity contribution in [2.24, 2.45) is 0 Å². The minimum atomic E-state index is -3.41. The monoisotopic (exact) mass is 360 g/mol. The van der Waals surface area contributed by atoms with Gasteiger partial charge in [-0.3, -0.25) is 9.10 Å². The van der Waals surface area contributed by atoms with Crippen LogP contribution in [0.4, 0.5) is 5.69 Å². The number of nitrogens with one attached hydrogen (secondary N) is 1. The maximum absolute atomic E-state index is 12.2. The molecule has 6 heteroatoms. The van der Waals surface area contributed by atoms with E-state index in [1.807, 2.05) is 26.8 Å². The van der Waals surface area contributed by atoms with Crippen molar-refractivity contribution in [3.8, 4) is 0 Å². The number of sulfonamides is 1. The second-order valence-electron chi connectivity index (χ2n) is 7.01. The molecule has 2 rings (SSSR count). The smallest absolute Gasteiger partial charge is 0.251 e. The Morgan fingerprint density at radius 2 is 1.56 bits per heavy atom. The minimum absolute atomic E-state index is 0.151. The van der Waals surface area contributed by atoms with E-state index >= 15 is 0 Å². The van der Waals surface area contributed by atoms with Crippen LogP contribution in [0.5, 0.6) is 0 Å². The first-order chi connectivity index (χ1) is 11.6. The number of amides is 1. The fourth-order valence-electron chi connectivity index (χ4n) is 2.33. The van der Waals surface area contributed by atoms with E-state index in [4.69, 9.17) is 0 Å². The lowest BCUT2D eigenvalue weighted by molar-refractivity contribution is 0.0919. The lowest BCUT2D eigenvalue weighted by Crippen LogP contribution is -2.40. The molecule has 0 aliphatic rings. The number of carbonyl (C=O) groups excluding carboxylic acids is 1. The zero-order valence-corrected chi connectivity index (χ0v) is 15.8. The molecule has 0 spiro atoms. The van der Waals surface area contributed by atoms with Gasteiger partial charge in [0.05, 0.1) is 18.5 Å². The maximum atomic E-state index is 12.2. The van der Waals surface area contributed by atoms with Gasteiger partial charge in [0.1, 0.15) is 0 Å². The highest BCUT2D eigenvalue weighted by Gasteiger charge is 2.18. The summed E-state index contributed by atoms with van der Waals surface area (Å²) in [7, 11) is -3.41. The Labute approximate surface area is 149 Å². The van der Waals surface area contributed by atoms with E-state index in [1.54, 1.807) is 48.5 Å². The van der Waals surface area contributed by atoms with Crippen LogP contribution in [0, 0.1) is 0 Å². The maximum Gasteiger partial charge on any atom is 0.251 e. The number of anilines is 1. The molecule has 0 aliphatic heterocycles. The minimum Gasteiger partial charge on any atom is -0.347 e. The van der Waals surface area contributed by atoms with Crippen LogP contribution in [0.3, 0.4) is 0 Å². The van der Waals surface area contributed by atoms with Crippen LogP contribution < -0.4 is 9.62 Å². The van der Waals surface area contributed by atoms with Crippen LogP contribution in [0.25, 0.3) is 0 Å². The number of hydrogen-bond acceptors (Lipinski definition) is 3. The SMILES string of the molecule is CC(C)(C)NC(=O)c1ccc(CN(c2ccccc2)S(C)(=O)=O)cc1. The fourth-order valence-corrected chi connectivity index (χ4v) is 3.22. The third kappa shape index (κ3) is 5.60. The van der Waals surface area contributed by atoms with E-state index in [1.165, 1.54) is 10.6 Å². The number of nitrogens with zero attached hydrogens (tertiary/aromatic N) is 1. The normalized spacial score (nSPS) is 11.8. The standard InChI is InChI=1S/C19H24N2O3S/c1-19(2,3)20-18(22)16-12-10-15(11-13-16)14-21(25(4,23)24)17-8-6-5-7-9-17/h5-13H,14H2,1-4H3,(H,20,22). The Hall–Kier alpha value is -2.34. The molecule has 0 atom stereocenters. The molecule has 0 heterocycles. The van der Waals surface area contributed by atoms with Gasteiger partial charge in [-0.2, -0.15) is 0 Å². The Bertz CT molecular complexity index is 823. The average Bonchev–Trinajstić information content (AvgIpc) is 2.51. The lowest BCUT2D eigenvalue weighted by Gasteiger charge is -2.23. The summed E-state index contributed by atoms with van der Waals surface area (Å²) in [6, 6.07) is 15.9. The van der Waals surface area contributed by atoms with Gasteiger partial charge in [-0.25, -0.2) is 8.42 Å². The van der Waals surface area contributed by atoms with Crippen LogP contribution in [-0.4, -0.2) is 26.1 Å². The summed E-state index contributed by atoms with van der Waals surface area (Å²) in [6.07, 6.45) is 1.19. The third-order valence-corrected chi connectivity index (χ3v) is 4.62. The zero-order valence-electron chi connectivity index (χ0n) is 15.0. The number of para-hydroxylation sites is 1. The van der Waals surface area contributed by atoms with Crippen molar-refractivity contribution in [2.45, 2.75) is 32.9 Å². The number of rotatable bonds is 5. The second-order valence-corrected chi connectivity index (χ2v) is 8.91. The average molecular weight is 360 g/mol. The highest BCUT2D eigenvalue weighted by molar-refractivity contribution is 7.92. The van der Waals surface area contributed by atoms with E-state index in [9.17, 15) is 13.2 Å². The number of hydrogen-bond donors (Lipinski definition) is 1. The molecule has 0 saturated heterocycles. The molecular formula is C19H24N2O3S. The van der Waals surface area contributed by atoms with Crippen LogP contribution in [0.2, 0.25) is 0 Å². The van der Waals surface area contributed by atoms with Gasteiger partial charge >= 0.3 is 0 Å². The Morgan fingerprint density at radius 3 is 2.04 bits per heavy atom. The molecule has 5 nitrogen and oxygen atoms in total. The summed E-state index contributed by atoms with van der Waals surface area (Å²) < 4.78 is 25.6. The molecule has 1 N–H and O–H groups in total. The second kappa shape index (κ2) is 7.27. The van der Waals surface area contributed by atoms with Gasteiger partial charge in [0, 0.05) is 11.1 Å². The molecule has 0 fully saturated rings. The molecule has 0 aliphatic carbocycles. The van der Waals surface area contributed by atoms with Crippen molar-refractivity contribution in [3.63, 3.8) is 0 Å². The molecule has 0 bridgehead atoms. The van der Waals surface area contributed by atoms with Gasteiger partial charge in [0.2, 0.25) is 10.0 Å². The van der Waals surface area contributed by atoms with Crippen LogP contribution in [-0.2, 0) is 16.6 Å². The molecule has 25 heavy (non-hydrogen) atoms. The summed E-state index contributed by atoms with van der Waals surface area (Å²) in [6.45, 7) is 5.97. The van der Waals surface area contributed by atoms with Crippen LogP contribution in [0.1, 0.15) is 36.7 Å². The van der Waals surface area contributed by atoms with E-state index in [0.717, 1.165) is 5.56 Å². The van der Waals surface area contributed by atoms with Gasteiger partial charge in [0.15, 0.2) is 0 Å². The first kappa shape index (κ1) is 19.0. The lowest BCUT2D eigenvalue weighted by atomic mass is 10.1. The van der Waals surface area contributed by atoms with Gasteiger partial charge < -0.3 is 5.32 Å². The first-order valence-corrected chi connectivity index (χ1v) is 9.85. The van der Waals surface area contributed by atoms with Crippen LogP contribution >= 0.6 is 0 Å². The predicted octanol–water partition coefficient (Wildman–Crippen LogP) is 3.18. The van der Waals surface area contributed by atoms with Crippen molar-refractivity contribution < 1.29 is 13.2 Å². The van der Waals surface area contributed by atoms with Crippen molar-refractivity contribution in [3.05, 3.63) is 65.7 Å². The molecule has 2 aromatic carbocycles. The number of carbonyl (C=O) groups is 1. The fraction of sp³-hybridized carbons (Fsp3) is 0.316. The van der Waals surface area contributed by atoms with Gasteiger partial charge in [-0.05, 0) is 50.6 Å². The van der Waals surface area contributed by atoms with Crippen molar-refractivity contribution >= 4 is 21.6 Å². The van der Waals surface area contributed by atoms with Gasteiger partial charge in [-0.15, -0.1) is 0 Å². The third-order valence-electron chi connectivity index (χ3n) is 3.48. The van der Waals surface area contributed by atoms with E-state index in [2.05, 4.69) is 5.32 Å². The van der Waals surface area contributed by atoms with Crippen molar-refractivity contribution in [1.82, 2.24) is 5.32 Å². The summed E-state index contributed by atoms with van der Waals surface area (Å²) in [5.74, 6) is -0.151. The highest BCUT2D eigenvalue weighted by Crippen LogP contribution is 2.20. The van der Waals surface area contributed by atoms with Gasteiger partial charge in [0.25, 0.3) is 5.91 Å². The zero-order chi connectivity index (χ0) is 18.7. The predicted molar refractivity (Wildman–Crippen MR) is 101 cm³/mol.